The van der Waals surface area contributed by atoms with E-state index in [2.05, 4.69) is 14.5 Å². The molecule has 118 valence electrons. The number of rotatable bonds is 5. The van der Waals surface area contributed by atoms with Crippen molar-refractivity contribution in [3.05, 3.63) is 22.9 Å². The van der Waals surface area contributed by atoms with Crippen molar-refractivity contribution in [3.8, 4) is 5.88 Å². The number of alkyl halides is 6. The second kappa shape index (κ2) is 6.88. The minimum atomic E-state index is -5.24. The van der Waals surface area contributed by atoms with Gasteiger partial charge in [-0.05, 0) is 18.6 Å². The Hall–Kier alpha value is -1.64. The molecule has 10 heteroatoms. The predicted molar refractivity (Wildman–Crippen MR) is 61.4 cm³/mol. The molecule has 4 nitrogen and oxygen atoms in total. The second-order valence-electron chi connectivity index (χ2n) is 3.59. The molecule has 0 fully saturated rings. The number of esters is 1. The highest BCUT2D eigenvalue weighted by Gasteiger charge is 2.35. The van der Waals surface area contributed by atoms with Crippen molar-refractivity contribution >= 4 is 17.6 Å². The van der Waals surface area contributed by atoms with Crippen LogP contribution in [0.3, 0.4) is 0 Å². The molecule has 0 radical (unpaired) electrons. The van der Waals surface area contributed by atoms with Crippen molar-refractivity contribution in [2.24, 2.45) is 0 Å². The third-order valence-corrected chi connectivity index (χ3v) is 2.46. The van der Waals surface area contributed by atoms with E-state index in [4.69, 9.17) is 11.6 Å². The van der Waals surface area contributed by atoms with Crippen LogP contribution >= 0.6 is 11.6 Å². The summed E-state index contributed by atoms with van der Waals surface area (Å²) in [4.78, 5) is 14.6. The number of hydrogen-bond donors (Lipinski definition) is 0. The van der Waals surface area contributed by atoms with Crippen molar-refractivity contribution in [2.75, 3.05) is 6.61 Å². The molecular formula is C11H9ClF5NO3. The molecule has 0 aliphatic rings. The highest BCUT2D eigenvalue weighted by Crippen LogP contribution is 2.35. The highest BCUT2D eigenvalue weighted by molar-refractivity contribution is 6.17. The molecule has 1 aromatic heterocycles. The van der Waals surface area contributed by atoms with Crippen LogP contribution < -0.4 is 4.74 Å². The number of carbonyl (C=O) groups is 1. The fraction of sp³-hybridized carbons (Fsp3) is 0.455. The van der Waals surface area contributed by atoms with Crippen LogP contribution in [-0.4, -0.2) is 23.9 Å². The Labute approximate surface area is 120 Å². The molecule has 0 unspecified atom stereocenters. The summed E-state index contributed by atoms with van der Waals surface area (Å²) in [5, 5.41) is 0. The van der Waals surface area contributed by atoms with E-state index >= 15 is 0 Å². The average molecular weight is 334 g/mol. The zero-order valence-corrected chi connectivity index (χ0v) is 11.3. The van der Waals surface area contributed by atoms with Crippen LogP contribution in [0, 0.1) is 0 Å². The highest BCUT2D eigenvalue weighted by atomic mass is 35.5. The first-order valence-corrected chi connectivity index (χ1v) is 6.03. The Morgan fingerprint density at radius 1 is 1.43 bits per heavy atom. The van der Waals surface area contributed by atoms with Crippen LogP contribution in [0.25, 0.3) is 0 Å². The minimum absolute atomic E-state index is 0.0667. The maximum atomic E-state index is 12.9. The Balaban J connectivity index is 3.40. The summed E-state index contributed by atoms with van der Waals surface area (Å²) in [6.07, 6.45) is -8.55. The maximum Gasteiger partial charge on any atom is 0.574 e. The summed E-state index contributed by atoms with van der Waals surface area (Å²) in [6, 6.07) is 0.843. The molecule has 0 amide bonds. The van der Waals surface area contributed by atoms with Gasteiger partial charge < -0.3 is 9.47 Å². The van der Waals surface area contributed by atoms with E-state index in [-0.39, 0.29) is 6.61 Å². The summed E-state index contributed by atoms with van der Waals surface area (Å²) in [5.41, 5.74) is -2.12. The van der Waals surface area contributed by atoms with Crippen LogP contribution in [0.2, 0.25) is 0 Å². The van der Waals surface area contributed by atoms with Gasteiger partial charge >= 0.3 is 12.3 Å². The Morgan fingerprint density at radius 3 is 2.48 bits per heavy atom. The third-order valence-electron chi connectivity index (χ3n) is 2.17. The molecule has 0 spiro atoms. The number of hydrogen-bond acceptors (Lipinski definition) is 4. The Bertz CT molecular complexity index is 521. The fourth-order valence-corrected chi connectivity index (χ4v) is 1.64. The largest absolute Gasteiger partial charge is 0.574 e. The van der Waals surface area contributed by atoms with Crippen LogP contribution in [0.1, 0.15) is 35.0 Å². The van der Waals surface area contributed by atoms with Crippen molar-refractivity contribution < 1.29 is 36.2 Å². The summed E-state index contributed by atoms with van der Waals surface area (Å²) in [6.45, 7) is 1.39. The SMILES string of the molecule is CCOC(=O)c1cc(CCl)c(C(F)F)c(OC(F)(F)F)n1. The Morgan fingerprint density at radius 2 is 2.05 bits per heavy atom. The predicted octanol–water partition coefficient (Wildman–Crippen LogP) is 3.83. The van der Waals surface area contributed by atoms with Crippen molar-refractivity contribution in [2.45, 2.75) is 25.6 Å². The van der Waals surface area contributed by atoms with Gasteiger partial charge in [-0.25, -0.2) is 18.6 Å². The van der Waals surface area contributed by atoms with Gasteiger partial charge in [0.1, 0.15) is 0 Å². The number of pyridine rings is 1. The number of carbonyl (C=O) groups excluding carboxylic acids is 1. The summed E-state index contributed by atoms with van der Waals surface area (Å²) in [5.74, 6) is -3.04. The van der Waals surface area contributed by atoms with Crippen LogP contribution in [-0.2, 0) is 10.6 Å². The molecule has 0 aliphatic carbocycles. The van der Waals surface area contributed by atoms with E-state index in [9.17, 15) is 26.7 Å². The van der Waals surface area contributed by atoms with Gasteiger partial charge in [0.15, 0.2) is 5.69 Å². The number of halogens is 6. The molecule has 0 bridgehead atoms. The lowest BCUT2D eigenvalue weighted by atomic mass is 10.1. The first-order valence-electron chi connectivity index (χ1n) is 5.50. The summed E-state index contributed by atoms with van der Waals surface area (Å²) < 4.78 is 70.5. The topological polar surface area (TPSA) is 48.4 Å². The summed E-state index contributed by atoms with van der Waals surface area (Å²) >= 11 is 5.42. The Kier molecular flexibility index (Phi) is 5.70. The monoisotopic (exact) mass is 333 g/mol. The van der Waals surface area contributed by atoms with Crippen LogP contribution in [0.15, 0.2) is 6.07 Å². The lowest BCUT2D eigenvalue weighted by molar-refractivity contribution is -0.276. The quantitative estimate of drug-likeness (QED) is 0.467. The normalized spacial score (nSPS) is 11.6. The van der Waals surface area contributed by atoms with E-state index in [0.29, 0.717) is 0 Å². The first-order chi connectivity index (χ1) is 9.69. The average Bonchev–Trinajstić information content (AvgIpc) is 2.35. The molecular weight excluding hydrogens is 325 g/mol. The van der Waals surface area contributed by atoms with Crippen LogP contribution in [0.5, 0.6) is 5.88 Å². The van der Waals surface area contributed by atoms with Gasteiger partial charge in [0.25, 0.3) is 6.43 Å². The van der Waals surface area contributed by atoms with Gasteiger partial charge in [0.05, 0.1) is 12.2 Å². The zero-order valence-electron chi connectivity index (χ0n) is 10.5. The second-order valence-corrected chi connectivity index (χ2v) is 3.86. The lowest BCUT2D eigenvalue weighted by Crippen LogP contribution is -2.21. The van der Waals surface area contributed by atoms with E-state index < -0.39 is 47.3 Å². The van der Waals surface area contributed by atoms with E-state index in [1.807, 2.05) is 0 Å². The van der Waals surface area contributed by atoms with E-state index in [1.54, 1.807) is 0 Å². The molecule has 0 N–H and O–H groups in total. The molecule has 0 saturated heterocycles. The smallest absolute Gasteiger partial charge is 0.461 e. The van der Waals surface area contributed by atoms with E-state index in [0.717, 1.165) is 6.07 Å². The number of ether oxygens (including phenoxy) is 2. The van der Waals surface area contributed by atoms with E-state index in [1.165, 1.54) is 6.92 Å². The molecule has 21 heavy (non-hydrogen) atoms. The molecule has 1 aromatic rings. The molecule has 0 aliphatic heterocycles. The standard InChI is InChI=1S/C11H9ClF5NO3/c1-2-20-10(19)6-3-5(4-12)7(8(13)14)9(18-6)21-11(15,16)17/h3,8H,2,4H2,1H3. The van der Waals surface area contributed by atoms with Gasteiger partial charge in [-0.2, -0.15) is 0 Å². The van der Waals surface area contributed by atoms with Gasteiger partial charge in [-0.1, -0.05) is 0 Å². The minimum Gasteiger partial charge on any atom is -0.461 e. The number of aromatic nitrogens is 1. The molecule has 0 aromatic carbocycles. The third kappa shape index (κ3) is 4.69. The van der Waals surface area contributed by atoms with Gasteiger partial charge in [-0.15, -0.1) is 24.8 Å². The van der Waals surface area contributed by atoms with Gasteiger partial charge in [0.2, 0.25) is 5.88 Å². The fourth-order valence-electron chi connectivity index (χ4n) is 1.42. The van der Waals surface area contributed by atoms with Crippen molar-refractivity contribution in [1.82, 2.24) is 4.98 Å². The zero-order chi connectivity index (χ0) is 16.2. The van der Waals surface area contributed by atoms with Gasteiger partial charge in [0, 0.05) is 5.88 Å². The number of nitrogens with zero attached hydrogens (tertiary/aromatic N) is 1. The first kappa shape index (κ1) is 17.4. The molecule has 1 rings (SSSR count). The summed E-state index contributed by atoms with van der Waals surface area (Å²) in [7, 11) is 0. The van der Waals surface area contributed by atoms with Crippen molar-refractivity contribution in [1.29, 1.82) is 0 Å². The maximum absolute atomic E-state index is 12.9. The van der Waals surface area contributed by atoms with Crippen LogP contribution in [0.4, 0.5) is 22.0 Å². The van der Waals surface area contributed by atoms with Crippen molar-refractivity contribution in [3.63, 3.8) is 0 Å². The molecule has 0 saturated carbocycles. The lowest BCUT2D eigenvalue weighted by Gasteiger charge is -2.15. The molecule has 0 atom stereocenters. The molecule has 1 heterocycles. The van der Waals surface area contributed by atoms with Gasteiger partial charge in [-0.3, -0.25) is 0 Å².